The lowest BCUT2D eigenvalue weighted by molar-refractivity contribution is 0.290. The van der Waals surface area contributed by atoms with Crippen molar-refractivity contribution in [1.29, 1.82) is 0 Å². The van der Waals surface area contributed by atoms with Gasteiger partial charge in [0.15, 0.2) is 0 Å². The van der Waals surface area contributed by atoms with Crippen LogP contribution in [0.2, 0.25) is 0 Å². The van der Waals surface area contributed by atoms with Crippen LogP contribution in [0.25, 0.3) is 16.3 Å². The van der Waals surface area contributed by atoms with E-state index in [0.29, 0.717) is 0 Å². The number of rotatable bonds is 2. The molecule has 0 aliphatic rings. The first-order chi connectivity index (χ1) is 10.6. The number of hydrogen-bond donors (Lipinski definition) is 1. The van der Waals surface area contributed by atoms with Gasteiger partial charge in [-0.05, 0) is 46.5 Å². The third-order valence-electron chi connectivity index (χ3n) is 3.14. The van der Waals surface area contributed by atoms with Crippen LogP contribution < -0.4 is 0 Å². The average molecular weight is 356 g/mol. The number of hydrogen-bond acceptors (Lipinski definition) is 2. The van der Waals surface area contributed by atoms with Gasteiger partial charge in [0.2, 0.25) is 0 Å². The number of benzene rings is 2. The zero-order valence-electron chi connectivity index (χ0n) is 12.4. The van der Waals surface area contributed by atoms with Gasteiger partial charge >= 0.3 is 0 Å². The molecule has 22 heavy (non-hydrogen) atoms. The van der Waals surface area contributed by atoms with Gasteiger partial charge < -0.3 is 5.11 Å². The molecule has 3 rings (SSSR count). The maximum Gasteiger partial charge on any atom is 0.106 e. The molecule has 112 valence electrons. The minimum Gasteiger partial charge on any atom is -0.382 e. The van der Waals surface area contributed by atoms with Crippen LogP contribution in [0.4, 0.5) is 0 Å². The van der Waals surface area contributed by atoms with Crippen LogP contribution in [-0.2, 0) is 0 Å². The molecular formula is C19H18BrNO. The Balaban J connectivity index is 0.000000396. The van der Waals surface area contributed by atoms with E-state index < -0.39 is 0 Å². The Kier molecular flexibility index (Phi) is 5.87. The highest BCUT2D eigenvalue weighted by atomic mass is 79.9. The van der Waals surface area contributed by atoms with Crippen molar-refractivity contribution in [2.45, 2.75) is 11.9 Å². The molecule has 3 aromatic rings. The van der Waals surface area contributed by atoms with Crippen LogP contribution in [0.3, 0.4) is 0 Å². The summed E-state index contributed by atoms with van der Waals surface area (Å²) in [6.45, 7) is 5.86. The van der Waals surface area contributed by atoms with E-state index in [1.807, 2.05) is 12.1 Å². The molecule has 1 atom stereocenters. The second-order valence-electron chi connectivity index (χ2n) is 4.82. The van der Waals surface area contributed by atoms with Gasteiger partial charge in [-0.15, -0.1) is 0 Å². The van der Waals surface area contributed by atoms with Gasteiger partial charge in [0.25, 0.3) is 0 Å². The quantitative estimate of drug-likeness (QED) is 0.655. The molecule has 0 fully saturated rings. The molecule has 1 N–H and O–H groups in total. The van der Waals surface area contributed by atoms with E-state index in [4.69, 9.17) is 5.11 Å². The summed E-state index contributed by atoms with van der Waals surface area (Å²) in [5, 5.41) is 10.1. The lowest BCUT2D eigenvalue weighted by atomic mass is 9.95. The van der Waals surface area contributed by atoms with Gasteiger partial charge in [-0.3, -0.25) is 4.98 Å². The van der Waals surface area contributed by atoms with Crippen LogP contribution in [0.15, 0.2) is 73.6 Å². The smallest absolute Gasteiger partial charge is 0.106 e. The molecule has 2 nitrogen and oxygen atoms in total. The van der Waals surface area contributed by atoms with Crippen molar-refractivity contribution in [2.24, 2.45) is 0 Å². The third kappa shape index (κ3) is 4.26. The highest BCUT2D eigenvalue weighted by Crippen LogP contribution is 2.28. The van der Waals surface area contributed by atoms with Crippen molar-refractivity contribution in [3.8, 4) is 0 Å². The molecule has 0 aliphatic carbocycles. The fourth-order valence-corrected chi connectivity index (χ4v) is 2.20. The monoisotopic (exact) mass is 355 g/mol. The standard InChI is InChI=1S/C17H13N.C2H5BrO/c1-13(14-9-11-18-12-10-14)16-8-4-6-15-5-2-3-7-17(15)16;1-2(3)4/h2-12H,1H2;2,4H,1H3. The van der Waals surface area contributed by atoms with E-state index >= 15 is 0 Å². The number of nitrogens with zero attached hydrogens (tertiary/aromatic N) is 1. The van der Waals surface area contributed by atoms with Crippen LogP contribution in [0, 0.1) is 0 Å². The summed E-state index contributed by atoms with van der Waals surface area (Å²) >= 11 is 2.83. The Labute approximate surface area is 139 Å². The maximum absolute atomic E-state index is 7.97. The minimum atomic E-state index is -0.354. The van der Waals surface area contributed by atoms with Crippen molar-refractivity contribution >= 4 is 32.3 Å². The molecule has 3 heteroatoms. The molecule has 0 aliphatic heterocycles. The summed E-state index contributed by atoms with van der Waals surface area (Å²) in [7, 11) is 0. The number of fused-ring (bicyclic) bond motifs is 1. The molecule has 0 spiro atoms. The summed E-state index contributed by atoms with van der Waals surface area (Å²) in [4.78, 5) is 4.04. The minimum absolute atomic E-state index is 0.354. The Morgan fingerprint density at radius 2 is 1.64 bits per heavy atom. The van der Waals surface area contributed by atoms with Crippen LogP contribution in [-0.4, -0.2) is 15.1 Å². The first-order valence-electron chi connectivity index (χ1n) is 6.99. The zero-order valence-corrected chi connectivity index (χ0v) is 14.0. The second-order valence-corrected chi connectivity index (χ2v) is 6.14. The molecule has 1 unspecified atom stereocenters. The van der Waals surface area contributed by atoms with E-state index in [0.717, 1.165) is 11.1 Å². The fraction of sp³-hybridized carbons (Fsp3) is 0.105. The fourth-order valence-electron chi connectivity index (χ4n) is 2.20. The van der Waals surface area contributed by atoms with Crippen molar-refractivity contribution in [1.82, 2.24) is 4.98 Å². The number of aliphatic hydroxyl groups is 1. The highest BCUT2D eigenvalue weighted by molar-refractivity contribution is 9.09. The Morgan fingerprint density at radius 1 is 1.05 bits per heavy atom. The molecular weight excluding hydrogens is 338 g/mol. The second kappa shape index (κ2) is 7.87. The highest BCUT2D eigenvalue weighted by Gasteiger charge is 2.05. The van der Waals surface area contributed by atoms with Crippen LogP contribution in [0.1, 0.15) is 18.1 Å². The summed E-state index contributed by atoms with van der Waals surface area (Å²) in [5.74, 6) is 0. The Morgan fingerprint density at radius 3 is 2.32 bits per heavy atom. The molecule has 1 heterocycles. The van der Waals surface area contributed by atoms with Gasteiger partial charge in [0.1, 0.15) is 5.01 Å². The summed E-state index contributed by atoms with van der Waals surface area (Å²) in [5.41, 5.74) is 3.33. The largest absolute Gasteiger partial charge is 0.382 e. The summed E-state index contributed by atoms with van der Waals surface area (Å²) in [6.07, 6.45) is 3.59. The third-order valence-corrected chi connectivity index (χ3v) is 3.14. The molecule has 0 radical (unpaired) electrons. The Bertz CT molecular complexity index is 745. The first kappa shape index (κ1) is 16.4. The zero-order chi connectivity index (χ0) is 15.9. The summed E-state index contributed by atoms with van der Waals surface area (Å²) in [6, 6.07) is 18.7. The number of aromatic nitrogens is 1. The molecule has 0 saturated carbocycles. The van der Waals surface area contributed by atoms with Crippen LogP contribution in [0.5, 0.6) is 0 Å². The topological polar surface area (TPSA) is 33.1 Å². The van der Waals surface area contributed by atoms with Crippen molar-refractivity contribution < 1.29 is 5.11 Å². The van der Waals surface area contributed by atoms with E-state index in [1.165, 1.54) is 16.3 Å². The lowest BCUT2D eigenvalue weighted by Crippen LogP contribution is -1.88. The van der Waals surface area contributed by atoms with E-state index in [2.05, 4.69) is 70.0 Å². The molecule has 2 aromatic carbocycles. The molecule has 0 bridgehead atoms. The van der Waals surface area contributed by atoms with Gasteiger partial charge in [-0.1, -0.05) is 65.0 Å². The maximum atomic E-state index is 7.97. The van der Waals surface area contributed by atoms with E-state index in [-0.39, 0.29) is 5.01 Å². The van der Waals surface area contributed by atoms with Gasteiger partial charge in [-0.2, -0.15) is 0 Å². The summed E-state index contributed by atoms with van der Waals surface area (Å²) < 4.78 is 0. The van der Waals surface area contributed by atoms with E-state index in [1.54, 1.807) is 19.3 Å². The number of halogens is 1. The van der Waals surface area contributed by atoms with Crippen molar-refractivity contribution in [3.63, 3.8) is 0 Å². The van der Waals surface area contributed by atoms with Gasteiger partial charge in [-0.25, -0.2) is 0 Å². The van der Waals surface area contributed by atoms with Gasteiger partial charge in [0, 0.05) is 12.4 Å². The molecule has 1 aromatic heterocycles. The molecule has 0 amide bonds. The number of aliphatic hydroxyl groups excluding tert-OH is 1. The average Bonchev–Trinajstić information content (AvgIpc) is 2.54. The lowest BCUT2D eigenvalue weighted by Gasteiger charge is -2.09. The predicted octanol–water partition coefficient (Wildman–Crippen LogP) is 5.02. The van der Waals surface area contributed by atoms with Crippen LogP contribution >= 0.6 is 15.9 Å². The number of alkyl halides is 1. The Hall–Kier alpha value is -1.97. The number of pyridine rings is 1. The van der Waals surface area contributed by atoms with E-state index in [9.17, 15) is 0 Å². The SMILES string of the molecule is C=C(c1ccncc1)c1cccc2ccccc12.CC(O)Br. The first-order valence-corrected chi connectivity index (χ1v) is 7.90. The van der Waals surface area contributed by atoms with Gasteiger partial charge in [0.05, 0.1) is 0 Å². The van der Waals surface area contributed by atoms with Crippen molar-refractivity contribution in [3.05, 3.63) is 84.7 Å². The molecule has 0 saturated heterocycles. The predicted molar refractivity (Wildman–Crippen MR) is 96.9 cm³/mol. The normalized spacial score (nSPS) is 11.4. The van der Waals surface area contributed by atoms with Crippen molar-refractivity contribution in [2.75, 3.05) is 0 Å².